The van der Waals surface area contributed by atoms with Crippen LogP contribution >= 0.6 is 0 Å². The van der Waals surface area contributed by atoms with Gasteiger partial charge < -0.3 is 13.9 Å². The maximum absolute atomic E-state index is 12.5. The van der Waals surface area contributed by atoms with Crippen LogP contribution in [0, 0.1) is 6.92 Å². The zero-order valence-corrected chi connectivity index (χ0v) is 15.1. The van der Waals surface area contributed by atoms with E-state index in [1.807, 2.05) is 0 Å². The molecule has 1 aromatic heterocycles. The Bertz CT molecular complexity index is 770. The van der Waals surface area contributed by atoms with Crippen LogP contribution in [0.2, 0.25) is 0 Å². The summed E-state index contributed by atoms with van der Waals surface area (Å²) in [4.78, 5) is 24.6. The first kappa shape index (κ1) is 18.6. The normalized spacial score (nSPS) is 11.1. The number of rotatable bonds is 5. The van der Waals surface area contributed by atoms with Crippen molar-refractivity contribution in [1.82, 2.24) is 0 Å². The average molecular weight is 345 g/mol. The van der Waals surface area contributed by atoms with Crippen molar-refractivity contribution in [3.63, 3.8) is 0 Å². The van der Waals surface area contributed by atoms with Crippen molar-refractivity contribution in [3.8, 4) is 5.75 Å². The van der Waals surface area contributed by atoms with Gasteiger partial charge in [0.15, 0.2) is 5.78 Å². The number of carbonyl (C=O) groups excluding carboxylic acids is 2. The minimum Gasteiger partial charge on any atom is -0.497 e. The van der Waals surface area contributed by atoms with Gasteiger partial charge in [0.05, 0.1) is 24.6 Å². The first-order chi connectivity index (χ1) is 11.7. The molecule has 0 radical (unpaired) electrons. The lowest BCUT2D eigenvalue weighted by molar-refractivity contribution is 0.0635. The Balaban J connectivity index is 2.24. The fraction of sp³-hybridized carbons (Fsp3) is 0.368. The lowest BCUT2D eigenvalue weighted by Gasteiger charge is -2.20. The maximum atomic E-state index is 12.5. The van der Waals surface area contributed by atoms with Crippen molar-refractivity contribution in [2.45, 2.75) is 39.7 Å². The Morgan fingerprint density at radius 3 is 2.48 bits per heavy atom. The Morgan fingerprint density at radius 2 is 1.92 bits per heavy atom. The van der Waals surface area contributed by atoms with E-state index in [2.05, 4.69) is 5.32 Å². The number of hydrogen-bond donors (Lipinski definition) is 1. The first-order valence-corrected chi connectivity index (χ1v) is 7.94. The second-order valence-electron chi connectivity index (χ2n) is 6.64. The van der Waals surface area contributed by atoms with Crippen molar-refractivity contribution in [2.24, 2.45) is 0 Å². The number of ketones is 1. The number of hydrogen-bond acceptors (Lipinski definition) is 5. The molecule has 1 amide bonds. The number of amides is 1. The molecular formula is C19H23NO5. The van der Waals surface area contributed by atoms with Gasteiger partial charge in [0.2, 0.25) is 0 Å². The number of furan rings is 1. The summed E-state index contributed by atoms with van der Waals surface area (Å²) in [6.07, 6.45) is 1.01. The Labute approximate surface area is 147 Å². The van der Waals surface area contributed by atoms with E-state index < -0.39 is 11.7 Å². The molecule has 0 unspecified atom stereocenters. The van der Waals surface area contributed by atoms with Gasteiger partial charge >= 0.3 is 6.09 Å². The van der Waals surface area contributed by atoms with E-state index in [1.165, 1.54) is 13.4 Å². The van der Waals surface area contributed by atoms with Crippen molar-refractivity contribution in [1.29, 1.82) is 0 Å². The second kappa shape index (κ2) is 7.42. The van der Waals surface area contributed by atoms with Crippen LogP contribution in [0.4, 0.5) is 10.5 Å². The molecule has 0 saturated carbocycles. The highest BCUT2D eigenvalue weighted by Crippen LogP contribution is 2.25. The highest BCUT2D eigenvalue weighted by Gasteiger charge is 2.19. The standard InChI is InChI=1S/C19H23NO5/c1-12-15(8-9-24-12)17(21)10-13-6-7-14(23-5)11-16(13)20-18(22)25-19(2,3)4/h6-9,11H,10H2,1-5H3,(H,20,22). The molecule has 1 aromatic carbocycles. The van der Waals surface area contributed by atoms with Crippen LogP contribution in [-0.4, -0.2) is 24.6 Å². The van der Waals surface area contributed by atoms with Crippen LogP contribution in [0.3, 0.4) is 0 Å². The molecule has 6 heteroatoms. The van der Waals surface area contributed by atoms with Crippen molar-refractivity contribution in [3.05, 3.63) is 47.4 Å². The topological polar surface area (TPSA) is 77.8 Å². The van der Waals surface area contributed by atoms with Gasteiger partial charge in [0.25, 0.3) is 0 Å². The number of ether oxygens (including phenoxy) is 2. The molecule has 0 aliphatic heterocycles. The molecule has 0 atom stereocenters. The van der Waals surface area contributed by atoms with E-state index >= 15 is 0 Å². The maximum Gasteiger partial charge on any atom is 0.412 e. The monoisotopic (exact) mass is 345 g/mol. The largest absolute Gasteiger partial charge is 0.497 e. The fourth-order valence-corrected chi connectivity index (χ4v) is 2.31. The van der Waals surface area contributed by atoms with Crippen LogP contribution in [0.25, 0.3) is 0 Å². The van der Waals surface area contributed by atoms with Gasteiger partial charge in [-0.25, -0.2) is 4.79 Å². The van der Waals surface area contributed by atoms with E-state index in [0.29, 0.717) is 28.3 Å². The molecule has 1 heterocycles. The highest BCUT2D eigenvalue weighted by atomic mass is 16.6. The fourth-order valence-electron chi connectivity index (χ4n) is 2.31. The molecule has 0 bridgehead atoms. The smallest absolute Gasteiger partial charge is 0.412 e. The third kappa shape index (κ3) is 5.11. The number of methoxy groups -OCH3 is 1. The molecule has 0 saturated heterocycles. The molecule has 0 aliphatic rings. The van der Waals surface area contributed by atoms with E-state index in [4.69, 9.17) is 13.9 Å². The SMILES string of the molecule is COc1ccc(CC(=O)c2ccoc2C)c(NC(=O)OC(C)(C)C)c1. The number of anilines is 1. The zero-order chi connectivity index (χ0) is 18.6. The lowest BCUT2D eigenvalue weighted by Crippen LogP contribution is -2.27. The number of Topliss-reactive ketones (excluding diaryl/α,β-unsaturated/α-hetero) is 1. The zero-order valence-electron chi connectivity index (χ0n) is 15.1. The Hall–Kier alpha value is -2.76. The minimum absolute atomic E-state index is 0.0938. The summed E-state index contributed by atoms with van der Waals surface area (Å²) in [7, 11) is 1.53. The molecule has 0 fully saturated rings. The predicted molar refractivity (Wildman–Crippen MR) is 94.3 cm³/mol. The molecule has 0 spiro atoms. The lowest BCUT2D eigenvalue weighted by atomic mass is 10.0. The van der Waals surface area contributed by atoms with Crippen molar-refractivity contribution >= 4 is 17.6 Å². The summed E-state index contributed by atoms with van der Waals surface area (Å²) in [5.74, 6) is 1.05. The van der Waals surface area contributed by atoms with Crippen LogP contribution < -0.4 is 10.1 Å². The molecule has 2 rings (SSSR count). The van der Waals surface area contributed by atoms with Crippen LogP contribution in [0.5, 0.6) is 5.75 Å². The van der Waals surface area contributed by atoms with Crippen molar-refractivity contribution < 1.29 is 23.5 Å². The Morgan fingerprint density at radius 1 is 1.20 bits per heavy atom. The van der Waals surface area contributed by atoms with Crippen LogP contribution in [0.1, 0.15) is 42.5 Å². The summed E-state index contributed by atoms with van der Waals surface area (Å²) in [6.45, 7) is 7.08. The third-order valence-corrected chi connectivity index (χ3v) is 3.46. The van der Waals surface area contributed by atoms with Gasteiger partial charge in [-0.05, 0) is 45.4 Å². The quantitative estimate of drug-likeness (QED) is 0.814. The number of carbonyl (C=O) groups is 2. The van der Waals surface area contributed by atoms with E-state index in [0.717, 1.165) is 0 Å². The number of nitrogens with one attached hydrogen (secondary N) is 1. The van der Waals surface area contributed by atoms with Gasteiger partial charge in [-0.3, -0.25) is 10.1 Å². The van der Waals surface area contributed by atoms with Crippen molar-refractivity contribution in [2.75, 3.05) is 12.4 Å². The van der Waals surface area contributed by atoms with Gasteiger partial charge in [-0.15, -0.1) is 0 Å². The molecule has 25 heavy (non-hydrogen) atoms. The average Bonchev–Trinajstić information content (AvgIpc) is 2.93. The summed E-state index contributed by atoms with van der Waals surface area (Å²) < 4.78 is 15.7. The molecule has 0 aliphatic carbocycles. The number of aryl methyl sites for hydroxylation is 1. The molecule has 2 aromatic rings. The van der Waals surface area contributed by atoms with E-state index in [1.54, 1.807) is 52.0 Å². The molecule has 6 nitrogen and oxygen atoms in total. The Kier molecular flexibility index (Phi) is 5.51. The van der Waals surface area contributed by atoms with Crippen LogP contribution in [0.15, 0.2) is 34.9 Å². The summed E-state index contributed by atoms with van der Waals surface area (Å²) in [5.41, 5.74) is 1.05. The first-order valence-electron chi connectivity index (χ1n) is 7.94. The van der Waals surface area contributed by atoms with Gasteiger partial charge in [0, 0.05) is 12.5 Å². The van der Waals surface area contributed by atoms with Gasteiger partial charge in [0.1, 0.15) is 17.1 Å². The summed E-state index contributed by atoms with van der Waals surface area (Å²) in [6, 6.07) is 6.79. The van der Waals surface area contributed by atoms with Gasteiger partial charge in [-0.1, -0.05) is 6.07 Å². The summed E-state index contributed by atoms with van der Waals surface area (Å²) in [5, 5.41) is 2.69. The van der Waals surface area contributed by atoms with E-state index in [-0.39, 0.29) is 12.2 Å². The van der Waals surface area contributed by atoms with Gasteiger partial charge in [-0.2, -0.15) is 0 Å². The summed E-state index contributed by atoms with van der Waals surface area (Å²) >= 11 is 0. The predicted octanol–water partition coefficient (Wildman–Crippen LogP) is 4.37. The molecular weight excluding hydrogens is 322 g/mol. The molecule has 134 valence electrons. The third-order valence-electron chi connectivity index (χ3n) is 3.46. The van der Waals surface area contributed by atoms with Crippen LogP contribution in [-0.2, 0) is 11.2 Å². The number of benzene rings is 1. The minimum atomic E-state index is -0.618. The highest BCUT2D eigenvalue weighted by molar-refractivity contribution is 5.99. The second-order valence-corrected chi connectivity index (χ2v) is 6.64. The molecule has 1 N–H and O–H groups in total. The van der Waals surface area contributed by atoms with E-state index in [9.17, 15) is 9.59 Å².